The molecular weight excluding hydrogens is 405 g/mol. The van der Waals surface area contributed by atoms with E-state index in [1.165, 1.54) is 24.3 Å². The van der Waals surface area contributed by atoms with Crippen molar-refractivity contribution < 1.29 is 19.1 Å². The largest absolute Gasteiger partial charge is 0.507 e. The van der Waals surface area contributed by atoms with E-state index >= 15 is 0 Å². The summed E-state index contributed by atoms with van der Waals surface area (Å²) in [7, 11) is 0. The molecule has 0 atom stereocenters. The molecule has 1 fully saturated rings. The Morgan fingerprint density at radius 3 is 2.43 bits per heavy atom. The van der Waals surface area contributed by atoms with Crippen molar-refractivity contribution in [2.45, 2.75) is 38.5 Å². The number of ketones is 2. The highest BCUT2D eigenvalue weighted by Crippen LogP contribution is 2.24. The summed E-state index contributed by atoms with van der Waals surface area (Å²) in [5, 5.41) is 10.2. The normalized spacial score (nSPS) is 15.3. The van der Waals surface area contributed by atoms with E-state index < -0.39 is 0 Å². The highest BCUT2D eigenvalue weighted by molar-refractivity contribution is 6.31. The van der Waals surface area contributed by atoms with E-state index in [0.717, 1.165) is 51.7 Å². The summed E-state index contributed by atoms with van der Waals surface area (Å²) < 4.78 is 13.0. The molecule has 3 rings (SSSR count). The summed E-state index contributed by atoms with van der Waals surface area (Å²) in [4.78, 5) is 27.1. The zero-order valence-corrected chi connectivity index (χ0v) is 17.7. The first kappa shape index (κ1) is 22.4. The van der Waals surface area contributed by atoms with Gasteiger partial charge in [0.15, 0.2) is 11.6 Å². The molecule has 1 N–H and O–H groups in total. The maximum absolute atomic E-state index is 13.0. The third-order valence-corrected chi connectivity index (χ3v) is 5.96. The Balaban J connectivity index is 1.33. The van der Waals surface area contributed by atoms with Crippen molar-refractivity contribution in [3.63, 3.8) is 0 Å². The molecule has 2 aromatic rings. The SMILES string of the molecule is O=C(CCCCCN1CCC(C(=O)c2ccc(F)cc2)CC1)c1cc(Cl)ccc1O. The van der Waals surface area contributed by atoms with E-state index in [-0.39, 0.29) is 34.6 Å². The van der Waals surface area contributed by atoms with Gasteiger partial charge in [-0.25, -0.2) is 4.39 Å². The second kappa shape index (κ2) is 10.7. The number of carbonyl (C=O) groups is 2. The fraction of sp³-hybridized carbons (Fsp3) is 0.417. The van der Waals surface area contributed by atoms with E-state index in [9.17, 15) is 19.1 Å². The average molecular weight is 432 g/mol. The van der Waals surface area contributed by atoms with Crippen LogP contribution in [0.1, 0.15) is 59.2 Å². The second-order valence-corrected chi connectivity index (χ2v) is 8.32. The molecule has 1 heterocycles. The standard InChI is InChI=1S/C24H27ClFNO3/c25-19-7-10-23(29)21(16-19)22(28)4-2-1-3-13-27-14-11-18(12-15-27)24(30)17-5-8-20(26)9-6-17/h5-10,16,18,29H,1-4,11-15H2. The van der Waals surface area contributed by atoms with Gasteiger partial charge < -0.3 is 10.0 Å². The molecule has 0 saturated carbocycles. The van der Waals surface area contributed by atoms with Crippen molar-refractivity contribution >= 4 is 23.2 Å². The molecule has 0 bridgehead atoms. The van der Waals surface area contributed by atoms with Gasteiger partial charge in [-0.1, -0.05) is 18.0 Å². The van der Waals surface area contributed by atoms with Gasteiger partial charge in [0.1, 0.15) is 11.6 Å². The lowest BCUT2D eigenvalue weighted by Gasteiger charge is -2.31. The topological polar surface area (TPSA) is 57.6 Å². The fourth-order valence-electron chi connectivity index (χ4n) is 3.93. The van der Waals surface area contributed by atoms with E-state index in [1.807, 2.05) is 0 Å². The van der Waals surface area contributed by atoms with E-state index in [0.29, 0.717) is 17.0 Å². The van der Waals surface area contributed by atoms with Crippen LogP contribution in [0.2, 0.25) is 5.02 Å². The van der Waals surface area contributed by atoms with Crippen molar-refractivity contribution in [1.82, 2.24) is 4.90 Å². The van der Waals surface area contributed by atoms with E-state index in [4.69, 9.17) is 11.6 Å². The van der Waals surface area contributed by atoms with Crippen LogP contribution in [-0.4, -0.2) is 41.2 Å². The van der Waals surface area contributed by atoms with Crippen LogP contribution in [0.5, 0.6) is 5.75 Å². The van der Waals surface area contributed by atoms with Gasteiger partial charge in [0.25, 0.3) is 0 Å². The van der Waals surface area contributed by atoms with Crippen LogP contribution < -0.4 is 0 Å². The van der Waals surface area contributed by atoms with Crippen molar-refractivity contribution in [3.05, 3.63) is 64.4 Å². The second-order valence-electron chi connectivity index (χ2n) is 7.88. The third kappa shape index (κ3) is 6.13. The molecule has 0 aliphatic carbocycles. The van der Waals surface area contributed by atoms with Gasteiger partial charge in [-0.3, -0.25) is 9.59 Å². The fourth-order valence-corrected chi connectivity index (χ4v) is 4.10. The van der Waals surface area contributed by atoms with Gasteiger partial charge in [-0.05, 0) is 87.8 Å². The number of unbranched alkanes of at least 4 members (excludes halogenated alkanes) is 2. The summed E-state index contributed by atoms with van der Waals surface area (Å²) >= 11 is 5.90. The number of piperidine rings is 1. The van der Waals surface area contributed by atoms with E-state index in [1.54, 1.807) is 18.2 Å². The van der Waals surface area contributed by atoms with Gasteiger partial charge in [-0.15, -0.1) is 0 Å². The maximum atomic E-state index is 13.0. The Hall–Kier alpha value is -2.24. The zero-order valence-electron chi connectivity index (χ0n) is 16.9. The number of nitrogens with zero attached hydrogens (tertiary/aromatic N) is 1. The van der Waals surface area contributed by atoms with Crippen LogP contribution in [0.4, 0.5) is 4.39 Å². The zero-order chi connectivity index (χ0) is 21.5. The van der Waals surface area contributed by atoms with Crippen LogP contribution in [0.3, 0.4) is 0 Å². The van der Waals surface area contributed by atoms with Crippen LogP contribution in [0.15, 0.2) is 42.5 Å². The lowest BCUT2D eigenvalue weighted by Crippen LogP contribution is -2.36. The summed E-state index contributed by atoms with van der Waals surface area (Å²) in [6, 6.07) is 10.3. The molecule has 0 amide bonds. The molecule has 0 unspecified atom stereocenters. The molecule has 6 heteroatoms. The lowest BCUT2D eigenvalue weighted by molar-refractivity contribution is 0.0839. The number of likely N-dealkylation sites (tertiary alicyclic amines) is 1. The van der Waals surface area contributed by atoms with Crippen molar-refractivity contribution in [1.29, 1.82) is 0 Å². The first-order valence-electron chi connectivity index (χ1n) is 10.5. The minimum absolute atomic E-state index is 0.00899. The van der Waals surface area contributed by atoms with Crippen LogP contribution in [0.25, 0.3) is 0 Å². The first-order valence-corrected chi connectivity index (χ1v) is 10.9. The molecule has 1 aliphatic rings. The Kier molecular flexibility index (Phi) is 8.00. The number of rotatable bonds is 9. The molecule has 0 aromatic heterocycles. The predicted octanol–water partition coefficient (Wildman–Crippen LogP) is 5.52. The maximum Gasteiger partial charge on any atom is 0.166 e. The number of phenolic OH excluding ortho intramolecular Hbond substituents is 1. The van der Waals surface area contributed by atoms with E-state index in [2.05, 4.69) is 4.90 Å². The molecule has 4 nitrogen and oxygen atoms in total. The molecule has 2 aromatic carbocycles. The quantitative estimate of drug-likeness (QED) is 0.419. The number of hydrogen-bond donors (Lipinski definition) is 1. The van der Waals surface area contributed by atoms with Crippen LogP contribution >= 0.6 is 11.6 Å². The number of halogens is 2. The molecule has 0 spiro atoms. The number of carbonyl (C=O) groups excluding carboxylic acids is 2. The Bertz CT molecular complexity index is 877. The molecule has 1 saturated heterocycles. The van der Waals surface area contributed by atoms with Gasteiger partial charge >= 0.3 is 0 Å². The average Bonchev–Trinajstić information content (AvgIpc) is 2.75. The molecule has 30 heavy (non-hydrogen) atoms. The van der Waals surface area contributed by atoms with Crippen molar-refractivity contribution in [3.8, 4) is 5.75 Å². The molecular formula is C24H27ClFNO3. The van der Waals surface area contributed by atoms with Gasteiger partial charge in [0.05, 0.1) is 5.56 Å². The highest BCUT2D eigenvalue weighted by Gasteiger charge is 2.25. The Morgan fingerprint density at radius 1 is 1.03 bits per heavy atom. The van der Waals surface area contributed by atoms with Crippen LogP contribution in [0, 0.1) is 11.7 Å². The number of phenols is 1. The number of Topliss-reactive ketones (excluding diaryl/α,β-unsaturated/α-hetero) is 2. The lowest BCUT2D eigenvalue weighted by atomic mass is 9.89. The Labute approximate surface area is 181 Å². The monoisotopic (exact) mass is 431 g/mol. The van der Waals surface area contributed by atoms with Gasteiger partial charge in [0, 0.05) is 22.9 Å². The Morgan fingerprint density at radius 2 is 1.73 bits per heavy atom. The molecule has 1 aliphatic heterocycles. The van der Waals surface area contributed by atoms with Gasteiger partial charge in [0.2, 0.25) is 0 Å². The minimum Gasteiger partial charge on any atom is -0.507 e. The van der Waals surface area contributed by atoms with Crippen LogP contribution in [-0.2, 0) is 0 Å². The first-order chi connectivity index (χ1) is 14.4. The summed E-state index contributed by atoms with van der Waals surface area (Å²) in [6.07, 6.45) is 4.73. The number of hydrogen-bond acceptors (Lipinski definition) is 4. The van der Waals surface area contributed by atoms with Crippen molar-refractivity contribution in [2.75, 3.05) is 19.6 Å². The summed E-state index contributed by atoms with van der Waals surface area (Å²) in [6.45, 7) is 2.72. The summed E-state index contributed by atoms with van der Waals surface area (Å²) in [5.41, 5.74) is 0.876. The third-order valence-electron chi connectivity index (χ3n) is 5.72. The molecule has 160 valence electrons. The summed E-state index contributed by atoms with van der Waals surface area (Å²) in [5.74, 6) is -0.322. The van der Waals surface area contributed by atoms with Crippen molar-refractivity contribution in [2.24, 2.45) is 5.92 Å². The van der Waals surface area contributed by atoms with Gasteiger partial charge in [-0.2, -0.15) is 0 Å². The minimum atomic E-state index is -0.326. The highest BCUT2D eigenvalue weighted by atomic mass is 35.5. The number of aromatic hydroxyl groups is 1. The number of benzene rings is 2. The predicted molar refractivity (Wildman–Crippen MR) is 116 cm³/mol. The molecule has 0 radical (unpaired) electrons. The smallest absolute Gasteiger partial charge is 0.166 e.